The van der Waals surface area contributed by atoms with Gasteiger partial charge in [0.15, 0.2) is 0 Å². The van der Waals surface area contributed by atoms with Gasteiger partial charge in [0.25, 0.3) is 0 Å². The van der Waals surface area contributed by atoms with E-state index in [4.69, 9.17) is 0 Å². The Morgan fingerprint density at radius 2 is 1.88 bits per heavy atom. The van der Waals surface area contributed by atoms with Crippen LogP contribution < -0.4 is 4.90 Å². The number of likely N-dealkylation sites (tertiary alicyclic amines) is 1. The number of hydrogen-bond donors (Lipinski definition) is 0. The first kappa shape index (κ1) is 17.0. The predicted octanol–water partition coefficient (Wildman–Crippen LogP) is 3.48. The summed E-state index contributed by atoms with van der Waals surface area (Å²) in [5, 5.41) is 0. The molecule has 4 heteroatoms. The van der Waals surface area contributed by atoms with Crippen LogP contribution in [-0.4, -0.2) is 36.3 Å². The highest BCUT2D eigenvalue weighted by Gasteiger charge is 2.38. The number of carbonyl (C=O) groups excluding carboxylic acids is 2. The fourth-order valence-corrected chi connectivity index (χ4v) is 3.98. The first-order valence-corrected chi connectivity index (χ1v) is 9.17. The molecule has 3 rings (SSSR count). The van der Waals surface area contributed by atoms with Crippen molar-refractivity contribution in [1.29, 1.82) is 0 Å². The smallest absolute Gasteiger partial charge is 0.228 e. The number of hydrogen-bond acceptors (Lipinski definition) is 2. The minimum Gasteiger partial charge on any atom is -0.342 e. The summed E-state index contributed by atoms with van der Waals surface area (Å²) >= 11 is 0. The topological polar surface area (TPSA) is 40.6 Å². The molecular weight excluding hydrogens is 300 g/mol. The normalized spacial score (nSPS) is 21.7. The molecule has 130 valence electrons. The number of anilines is 1. The summed E-state index contributed by atoms with van der Waals surface area (Å²) in [5.74, 6) is 0.423. The summed E-state index contributed by atoms with van der Waals surface area (Å²) in [6.45, 7) is 8.58. The molecule has 0 saturated carbocycles. The maximum atomic E-state index is 12.8. The molecule has 4 nitrogen and oxygen atoms in total. The lowest BCUT2D eigenvalue weighted by Crippen LogP contribution is -2.40. The minimum atomic E-state index is -0.185. The molecule has 1 atom stereocenters. The number of para-hydroxylation sites is 1. The second-order valence-corrected chi connectivity index (χ2v) is 7.46. The standard InChI is InChI=1S/C20H28N2O2/c1-14(2)17-9-7-8-15(3)19(17)22-13-16(12-18(22)23)20(24)21-10-5-4-6-11-21/h7-9,14,16H,4-6,10-13H2,1-3H3. The number of benzene rings is 1. The zero-order valence-corrected chi connectivity index (χ0v) is 15.0. The highest BCUT2D eigenvalue weighted by molar-refractivity contribution is 6.01. The van der Waals surface area contributed by atoms with Gasteiger partial charge in [0, 0.05) is 31.7 Å². The van der Waals surface area contributed by atoms with Crippen LogP contribution >= 0.6 is 0 Å². The lowest BCUT2D eigenvalue weighted by molar-refractivity contribution is -0.136. The molecular formula is C20H28N2O2. The molecule has 2 aliphatic rings. The fourth-order valence-electron chi connectivity index (χ4n) is 3.98. The van der Waals surface area contributed by atoms with Crippen LogP contribution in [0.4, 0.5) is 5.69 Å². The molecule has 0 spiro atoms. The molecule has 2 saturated heterocycles. The second kappa shape index (κ2) is 6.96. The van der Waals surface area contributed by atoms with Gasteiger partial charge in [-0.2, -0.15) is 0 Å². The number of amides is 2. The van der Waals surface area contributed by atoms with E-state index < -0.39 is 0 Å². The van der Waals surface area contributed by atoms with Crippen LogP contribution in [0.25, 0.3) is 0 Å². The highest BCUT2D eigenvalue weighted by atomic mass is 16.2. The van der Waals surface area contributed by atoms with Crippen molar-refractivity contribution >= 4 is 17.5 Å². The quantitative estimate of drug-likeness (QED) is 0.852. The van der Waals surface area contributed by atoms with Gasteiger partial charge >= 0.3 is 0 Å². The van der Waals surface area contributed by atoms with Gasteiger partial charge in [-0.15, -0.1) is 0 Å². The maximum Gasteiger partial charge on any atom is 0.228 e. The maximum absolute atomic E-state index is 12.8. The zero-order chi connectivity index (χ0) is 17.3. The van der Waals surface area contributed by atoms with Crippen molar-refractivity contribution in [3.05, 3.63) is 29.3 Å². The molecule has 24 heavy (non-hydrogen) atoms. The zero-order valence-electron chi connectivity index (χ0n) is 15.0. The van der Waals surface area contributed by atoms with Crippen molar-refractivity contribution in [3.8, 4) is 0 Å². The molecule has 0 aromatic heterocycles. The molecule has 2 amide bonds. The molecule has 0 radical (unpaired) electrons. The van der Waals surface area contributed by atoms with Gasteiger partial charge in [-0.25, -0.2) is 0 Å². The summed E-state index contributed by atoms with van der Waals surface area (Å²) in [7, 11) is 0. The van der Waals surface area contributed by atoms with E-state index in [1.165, 1.54) is 12.0 Å². The van der Waals surface area contributed by atoms with Crippen LogP contribution in [0.1, 0.15) is 56.6 Å². The lowest BCUT2D eigenvalue weighted by atomic mass is 9.97. The second-order valence-electron chi connectivity index (χ2n) is 7.46. The van der Waals surface area contributed by atoms with Gasteiger partial charge in [-0.1, -0.05) is 32.0 Å². The monoisotopic (exact) mass is 328 g/mol. The number of aryl methyl sites for hydroxylation is 1. The van der Waals surface area contributed by atoms with Gasteiger partial charge < -0.3 is 9.80 Å². The Morgan fingerprint density at radius 3 is 2.54 bits per heavy atom. The Hall–Kier alpha value is -1.84. The highest BCUT2D eigenvalue weighted by Crippen LogP contribution is 2.35. The number of carbonyl (C=O) groups is 2. The van der Waals surface area contributed by atoms with Crippen LogP contribution in [-0.2, 0) is 9.59 Å². The van der Waals surface area contributed by atoms with E-state index in [1.54, 1.807) is 0 Å². The molecule has 1 aromatic carbocycles. The first-order valence-electron chi connectivity index (χ1n) is 9.17. The van der Waals surface area contributed by atoms with Crippen molar-refractivity contribution in [1.82, 2.24) is 4.90 Å². The third-order valence-corrected chi connectivity index (χ3v) is 5.30. The Morgan fingerprint density at radius 1 is 1.17 bits per heavy atom. The third-order valence-electron chi connectivity index (χ3n) is 5.30. The number of nitrogens with zero attached hydrogens (tertiary/aromatic N) is 2. The van der Waals surface area contributed by atoms with Crippen LogP contribution in [0.2, 0.25) is 0 Å². The van der Waals surface area contributed by atoms with E-state index in [9.17, 15) is 9.59 Å². The molecule has 0 N–H and O–H groups in total. The minimum absolute atomic E-state index is 0.0848. The van der Waals surface area contributed by atoms with Crippen molar-refractivity contribution in [2.75, 3.05) is 24.5 Å². The van der Waals surface area contributed by atoms with E-state index in [-0.39, 0.29) is 17.7 Å². The van der Waals surface area contributed by atoms with E-state index in [2.05, 4.69) is 19.9 Å². The van der Waals surface area contributed by atoms with Crippen molar-refractivity contribution < 1.29 is 9.59 Å². The van der Waals surface area contributed by atoms with Gasteiger partial charge in [0.1, 0.15) is 0 Å². The van der Waals surface area contributed by atoms with Gasteiger partial charge in [0.05, 0.1) is 5.92 Å². The summed E-state index contributed by atoms with van der Waals surface area (Å²) in [4.78, 5) is 29.3. The summed E-state index contributed by atoms with van der Waals surface area (Å²) in [6, 6.07) is 6.19. The van der Waals surface area contributed by atoms with Crippen LogP contribution in [0.3, 0.4) is 0 Å². The summed E-state index contributed by atoms with van der Waals surface area (Å²) in [5.41, 5.74) is 3.32. The summed E-state index contributed by atoms with van der Waals surface area (Å²) in [6.07, 6.45) is 3.73. The van der Waals surface area contributed by atoms with Gasteiger partial charge in [-0.05, 0) is 43.2 Å². The lowest BCUT2D eigenvalue weighted by Gasteiger charge is -2.29. The Kier molecular flexibility index (Phi) is 4.93. The molecule has 2 heterocycles. The van der Waals surface area contributed by atoms with Crippen LogP contribution in [0.5, 0.6) is 0 Å². The average Bonchev–Trinajstić information content (AvgIpc) is 2.96. The van der Waals surface area contributed by atoms with E-state index in [1.807, 2.05) is 28.9 Å². The van der Waals surface area contributed by atoms with Crippen molar-refractivity contribution in [2.45, 2.75) is 52.4 Å². The molecule has 2 fully saturated rings. The molecule has 2 aliphatic heterocycles. The van der Waals surface area contributed by atoms with E-state index in [0.29, 0.717) is 18.9 Å². The fraction of sp³-hybridized carbons (Fsp3) is 0.600. The summed E-state index contributed by atoms with van der Waals surface area (Å²) < 4.78 is 0. The average molecular weight is 328 g/mol. The van der Waals surface area contributed by atoms with Gasteiger partial charge in [-0.3, -0.25) is 9.59 Å². The van der Waals surface area contributed by atoms with Crippen molar-refractivity contribution in [3.63, 3.8) is 0 Å². The van der Waals surface area contributed by atoms with Crippen LogP contribution in [0.15, 0.2) is 18.2 Å². The predicted molar refractivity (Wildman–Crippen MR) is 96.2 cm³/mol. The van der Waals surface area contributed by atoms with Gasteiger partial charge in [0.2, 0.25) is 11.8 Å². The number of rotatable bonds is 3. The SMILES string of the molecule is Cc1cccc(C(C)C)c1N1CC(C(=O)N2CCCCC2)CC1=O. The Balaban J connectivity index is 1.82. The number of piperidine rings is 1. The Labute approximate surface area is 144 Å². The largest absolute Gasteiger partial charge is 0.342 e. The third kappa shape index (κ3) is 3.19. The molecule has 1 unspecified atom stereocenters. The van der Waals surface area contributed by atoms with E-state index in [0.717, 1.165) is 37.2 Å². The Bertz CT molecular complexity index is 633. The van der Waals surface area contributed by atoms with Crippen LogP contribution in [0, 0.1) is 12.8 Å². The molecule has 0 bridgehead atoms. The molecule has 0 aliphatic carbocycles. The molecule has 1 aromatic rings. The van der Waals surface area contributed by atoms with Crippen molar-refractivity contribution in [2.24, 2.45) is 5.92 Å². The first-order chi connectivity index (χ1) is 11.5. The van der Waals surface area contributed by atoms with E-state index >= 15 is 0 Å².